The predicted molar refractivity (Wildman–Crippen MR) is 61.5 cm³/mol. The number of aliphatic hydroxyl groups excluding tert-OH is 1. The average molecular weight is 223 g/mol. The number of hydrogen-bond acceptors (Lipinski definition) is 2. The molecule has 88 valence electrons. The second-order valence-corrected chi connectivity index (χ2v) is 4.92. The summed E-state index contributed by atoms with van der Waals surface area (Å²) in [6.45, 7) is 1.70. The highest BCUT2D eigenvalue weighted by atomic mass is 19.1. The topological polar surface area (TPSA) is 23.5 Å². The number of nitrogens with zero attached hydrogens (tertiary/aromatic N) is 1. The van der Waals surface area contributed by atoms with Gasteiger partial charge in [-0.2, -0.15) is 0 Å². The lowest BCUT2D eigenvalue weighted by Crippen LogP contribution is -2.28. The zero-order valence-electron chi connectivity index (χ0n) is 9.62. The van der Waals surface area contributed by atoms with Gasteiger partial charge in [0.2, 0.25) is 0 Å². The van der Waals surface area contributed by atoms with E-state index in [0.29, 0.717) is 6.54 Å². The first-order valence-corrected chi connectivity index (χ1v) is 5.68. The van der Waals surface area contributed by atoms with Crippen molar-refractivity contribution in [3.8, 4) is 0 Å². The third-order valence-corrected chi connectivity index (χ3v) is 3.30. The summed E-state index contributed by atoms with van der Waals surface area (Å²) in [7, 11) is 1.97. The highest BCUT2D eigenvalue weighted by Gasteiger charge is 2.42. The second kappa shape index (κ2) is 4.52. The van der Waals surface area contributed by atoms with Gasteiger partial charge >= 0.3 is 0 Å². The van der Waals surface area contributed by atoms with Crippen molar-refractivity contribution < 1.29 is 9.50 Å². The van der Waals surface area contributed by atoms with E-state index >= 15 is 0 Å². The van der Waals surface area contributed by atoms with Gasteiger partial charge in [0.1, 0.15) is 5.82 Å². The van der Waals surface area contributed by atoms with Crippen LogP contribution in [0.4, 0.5) is 4.39 Å². The van der Waals surface area contributed by atoms with Crippen LogP contribution in [0.15, 0.2) is 24.3 Å². The van der Waals surface area contributed by atoms with Crippen molar-refractivity contribution in [1.82, 2.24) is 4.90 Å². The minimum atomic E-state index is -0.150. The van der Waals surface area contributed by atoms with Gasteiger partial charge in [-0.3, -0.25) is 0 Å². The van der Waals surface area contributed by atoms with Crippen LogP contribution < -0.4 is 0 Å². The lowest BCUT2D eigenvalue weighted by atomic mass is 10.1. The third kappa shape index (κ3) is 2.60. The first kappa shape index (κ1) is 11.6. The van der Waals surface area contributed by atoms with E-state index in [1.165, 1.54) is 6.07 Å². The summed E-state index contributed by atoms with van der Waals surface area (Å²) >= 11 is 0. The Morgan fingerprint density at radius 2 is 2.06 bits per heavy atom. The van der Waals surface area contributed by atoms with Crippen LogP contribution in [0.3, 0.4) is 0 Å². The quantitative estimate of drug-likeness (QED) is 0.825. The lowest BCUT2D eigenvalue weighted by molar-refractivity contribution is 0.160. The number of halogens is 1. The van der Waals surface area contributed by atoms with Gasteiger partial charge in [0, 0.05) is 30.7 Å². The van der Waals surface area contributed by atoms with E-state index in [1.807, 2.05) is 19.2 Å². The van der Waals surface area contributed by atoms with Gasteiger partial charge in [0.05, 0.1) is 0 Å². The summed E-state index contributed by atoms with van der Waals surface area (Å²) in [5.74, 6) is -0.150. The highest BCUT2D eigenvalue weighted by molar-refractivity contribution is 5.17. The fraction of sp³-hybridized carbons (Fsp3) is 0.538. The van der Waals surface area contributed by atoms with E-state index in [1.54, 1.807) is 6.07 Å². The average Bonchev–Trinajstić information content (AvgIpc) is 3.02. The first-order valence-electron chi connectivity index (χ1n) is 5.68. The SMILES string of the molecule is CN(Cc1ccccc1F)CC1(CO)CC1. The summed E-state index contributed by atoms with van der Waals surface area (Å²) in [4.78, 5) is 2.08. The largest absolute Gasteiger partial charge is 0.396 e. The molecule has 0 bridgehead atoms. The van der Waals surface area contributed by atoms with Crippen molar-refractivity contribution in [1.29, 1.82) is 0 Å². The standard InChI is InChI=1S/C13H18FNO/c1-15(9-13(10-16)6-7-13)8-11-4-2-3-5-12(11)14/h2-5,16H,6-10H2,1H3. The fourth-order valence-corrected chi connectivity index (χ4v) is 2.09. The normalized spacial score (nSPS) is 17.8. The molecule has 2 rings (SSSR count). The molecule has 1 aliphatic rings. The molecule has 16 heavy (non-hydrogen) atoms. The Labute approximate surface area is 95.7 Å². The van der Waals surface area contributed by atoms with Crippen LogP contribution in [0, 0.1) is 11.2 Å². The molecule has 0 radical (unpaired) electrons. The van der Waals surface area contributed by atoms with Crippen LogP contribution in [-0.2, 0) is 6.54 Å². The first-order chi connectivity index (χ1) is 7.65. The van der Waals surface area contributed by atoms with Crippen LogP contribution in [0.2, 0.25) is 0 Å². The maximum absolute atomic E-state index is 13.4. The van der Waals surface area contributed by atoms with E-state index in [0.717, 1.165) is 24.9 Å². The summed E-state index contributed by atoms with van der Waals surface area (Å²) < 4.78 is 13.4. The van der Waals surface area contributed by atoms with Crippen molar-refractivity contribution in [2.24, 2.45) is 5.41 Å². The Balaban J connectivity index is 1.92. The molecule has 0 atom stereocenters. The number of aliphatic hydroxyl groups is 1. The van der Waals surface area contributed by atoms with Gasteiger partial charge in [-0.05, 0) is 26.0 Å². The number of hydrogen-bond donors (Lipinski definition) is 1. The van der Waals surface area contributed by atoms with E-state index in [-0.39, 0.29) is 17.8 Å². The smallest absolute Gasteiger partial charge is 0.127 e. The van der Waals surface area contributed by atoms with Crippen molar-refractivity contribution in [3.63, 3.8) is 0 Å². The molecule has 1 saturated carbocycles. The minimum Gasteiger partial charge on any atom is -0.396 e. The Bertz CT molecular complexity index is 363. The summed E-state index contributed by atoms with van der Waals surface area (Å²) in [5, 5.41) is 9.23. The van der Waals surface area contributed by atoms with E-state index in [2.05, 4.69) is 4.90 Å². The van der Waals surface area contributed by atoms with Gasteiger partial charge in [-0.1, -0.05) is 18.2 Å². The number of benzene rings is 1. The zero-order valence-corrected chi connectivity index (χ0v) is 9.62. The van der Waals surface area contributed by atoms with Gasteiger partial charge in [-0.25, -0.2) is 4.39 Å². The molecule has 1 aliphatic carbocycles. The van der Waals surface area contributed by atoms with Crippen molar-refractivity contribution in [3.05, 3.63) is 35.6 Å². The van der Waals surface area contributed by atoms with Gasteiger partial charge in [0.25, 0.3) is 0 Å². The monoisotopic (exact) mass is 223 g/mol. The van der Waals surface area contributed by atoms with Crippen LogP contribution >= 0.6 is 0 Å². The summed E-state index contributed by atoms with van der Waals surface area (Å²) in [5.41, 5.74) is 0.818. The Kier molecular flexibility index (Phi) is 3.26. The maximum atomic E-state index is 13.4. The molecule has 0 saturated heterocycles. The van der Waals surface area contributed by atoms with Crippen LogP contribution in [0.5, 0.6) is 0 Å². The molecule has 0 amide bonds. The maximum Gasteiger partial charge on any atom is 0.127 e. The molecule has 0 unspecified atom stereocenters. The molecule has 2 nitrogen and oxygen atoms in total. The zero-order chi connectivity index (χ0) is 11.6. The Morgan fingerprint density at radius 1 is 1.38 bits per heavy atom. The molecule has 1 N–H and O–H groups in total. The van der Waals surface area contributed by atoms with Crippen LogP contribution in [0.25, 0.3) is 0 Å². The van der Waals surface area contributed by atoms with Crippen molar-refractivity contribution in [2.75, 3.05) is 20.2 Å². The molecule has 0 heterocycles. The van der Waals surface area contributed by atoms with Gasteiger partial charge in [-0.15, -0.1) is 0 Å². The van der Waals surface area contributed by atoms with Crippen molar-refractivity contribution >= 4 is 0 Å². The van der Waals surface area contributed by atoms with Gasteiger partial charge < -0.3 is 10.0 Å². The Hall–Kier alpha value is -0.930. The van der Waals surface area contributed by atoms with Crippen molar-refractivity contribution in [2.45, 2.75) is 19.4 Å². The molecular weight excluding hydrogens is 205 g/mol. The molecule has 0 aromatic heterocycles. The highest BCUT2D eigenvalue weighted by Crippen LogP contribution is 2.45. The minimum absolute atomic E-state index is 0.0972. The number of rotatable bonds is 5. The molecular formula is C13H18FNO. The van der Waals surface area contributed by atoms with Crippen LogP contribution in [-0.4, -0.2) is 30.2 Å². The molecule has 0 aliphatic heterocycles. The lowest BCUT2D eigenvalue weighted by Gasteiger charge is -2.22. The van der Waals surface area contributed by atoms with Crippen LogP contribution in [0.1, 0.15) is 18.4 Å². The second-order valence-electron chi connectivity index (χ2n) is 4.92. The predicted octanol–water partition coefficient (Wildman–Crippen LogP) is 2.03. The summed E-state index contributed by atoms with van der Waals surface area (Å²) in [6.07, 6.45) is 2.18. The molecule has 3 heteroatoms. The summed E-state index contributed by atoms with van der Waals surface area (Å²) in [6, 6.07) is 6.85. The van der Waals surface area contributed by atoms with E-state index in [9.17, 15) is 9.50 Å². The molecule has 1 fully saturated rings. The third-order valence-electron chi connectivity index (χ3n) is 3.30. The van der Waals surface area contributed by atoms with E-state index in [4.69, 9.17) is 0 Å². The molecule has 0 spiro atoms. The Morgan fingerprint density at radius 3 is 2.62 bits per heavy atom. The van der Waals surface area contributed by atoms with E-state index < -0.39 is 0 Å². The van der Waals surface area contributed by atoms with Gasteiger partial charge in [0.15, 0.2) is 0 Å². The molecule has 1 aromatic carbocycles. The molecule has 1 aromatic rings. The fourth-order valence-electron chi connectivity index (χ4n) is 2.09.